The Bertz CT molecular complexity index is 5550. The van der Waals surface area contributed by atoms with Crippen molar-refractivity contribution in [2.75, 3.05) is 0 Å². The standard InChI is InChI=1S/C76H48/c1-37-30-38(2)33-44(32-37)64-60-36-45(61-40(4)14-12-15-41(61)5)35-59-62-42(6)31-39(3)34-58(62)76(70(59)60)75-57-29-25-52-49-22-26-54-68-56(28-24-51(65(49)68)50-23-27-55(73(64)75)69(57)66(50)52)74-71-48-19-11-10-18-46(48)47-20-13-21-53(67(47)71)63(72(54)74)43-16-8-7-9-17-43/h7-36H,1-6H3. The molecule has 0 aliphatic rings. The van der Waals surface area contributed by atoms with E-state index in [1.807, 2.05) is 0 Å². The summed E-state index contributed by atoms with van der Waals surface area (Å²) in [7, 11) is 0. The molecule has 76 heavy (non-hydrogen) atoms. The zero-order valence-corrected chi connectivity index (χ0v) is 43.3. The summed E-state index contributed by atoms with van der Waals surface area (Å²) < 4.78 is 0. The number of aryl methyl sites for hydroxylation is 6. The molecule has 0 spiro atoms. The van der Waals surface area contributed by atoms with Gasteiger partial charge in [-0.1, -0.05) is 187 Å². The van der Waals surface area contributed by atoms with Crippen LogP contribution in [0.5, 0.6) is 0 Å². The summed E-state index contributed by atoms with van der Waals surface area (Å²) in [6.45, 7) is 13.7. The summed E-state index contributed by atoms with van der Waals surface area (Å²) in [6.07, 6.45) is 0. The Balaban J connectivity index is 1.05. The molecule has 0 aromatic heterocycles. The van der Waals surface area contributed by atoms with Gasteiger partial charge in [0.15, 0.2) is 0 Å². The Morgan fingerprint density at radius 1 is 0.171 bits per heavy atom. The average molecular weight is 961 g/mol. The molecule has 0 aliphatic heterocycles. The van der Waals surface area contributed by atoms with Crippen LogP contribution in [0.1, 0.15) is 33.4 Å². The highest BCUT2D eigenvalue weighted by atomic mass is 14.3. The second-order valence-corrected chi connectivity index (χ2v) is 22.9. The first-order chi connectivity index (χ1) is 37.2. The van der Waals surface area contributed by atoms with Gasteiger partial charge in [-0.05, 0) is 255 Å². The highest BCUT2D eigenvalue weighted by Crippen LogP contribution is 2.59. The molecule has 0 fully saturated rings. The molecule has 0 saturated carbocycles. The molecular formula is C76H48. The Labute approximate surface area is 438 Å². The maximum absolute atomic E-state index is 2.56. The summed E-state index contributed by atoms with van der Waals surface area (Å²) in [5, 5.41) is 38.1. The van der Waals surface area contributed by atoms with E-state index < -0.39 is 0 Å². The van der Waals surface area contributed by atoms with Crippen LogP contribution in [0.2, 0.25) is 0 Å². The van der Waals surface area contributed by atoms with Crippen LogP contribution in [0, 0.1) is 41.5 Å². The smallest absolute Gasteiger partial charge is 0.000696 e. The highest BCUT2D eigenvalue weighted by molar-refractivity contribution is 6.54. The van der Waals surface area contributed by atoms with Crippen LogP contribution < -0.4 is 0 Å². The lowest BCUT2D eigenvalue weighted by molar-refractivity contribution is 1.38. The molecule has 18 aromatic rings. The maximum Gasteiger partial charge on any atom is -0.000696 e. The van der Waals surface area contributed by atoms with Gasteiger partial charge in [0.2, 0.25) is 0 Å². The fourth-order valence-electron chi connectivity index (χ4n) is 16.1. The van der Waals surface area contributed by atoms with E-state index >= 15 is 0 Å². The lowest BCUT2D eigenvalue weighted by Crippen LogP contribution is -1.91. The van der Waals surface area contributed by atoms with Crippen molar-refractivity contribution in [2.24, 2.45) is 0 Å². The molecule has 18 aromatic carbocycles. The van der Waals surface area contributed by atoms with E-state index in [1.54, 1.807) is 0 Å². The van der Waals surface area contributed by atoms with Crippen molar-refractivity contribution in [2.45, 2.75) is 41.5 Å². The van der Waals surface area contributed by atoms with E-state index in [-0.39, 0.29) is 0 Å². The second kappa shape index (κ2) is 14.0. The second-order valence-electron chi connectivity index (χ2n) is 22.9. The maximum atomic E-state index is 2.56. The van der Waals surface area contributed by atoms with Gasteiger partial charge in [0.25, 0.3) is 0 Å². The summed E-state index contributed by atoms with van der Waals surface area (Å²) >= 11 is 0. The highest BCUT2D eigenvalue weighted by Gasteiger charge is 2.30. The minimum absolute atomic E-state index is 1.27. The molecule has 0 amide bonds. The van der Waals surface area contributed by atoms with Crippen molar-refractivity contribution in [3.8, 4) is 33.4 Å². The van der Waals surface area contributed by atoms with Gasteiger partial charge in [-0.3, -0.25) is 0 Å². The monoisotopic (exact) mass is 960 g/mol. The largest absolute Gasteiger partial charge is 0.0622 e. The van der Waals surface area contributed by atoms with Gasteiger partial charge in [0.1, 0.15) is 0 Å². The van der Waals surface area contributed by atoms with Gasteiger partial charge >= 0.3 is 0 Å². The van der Waals surface area contributed by atoms with Crippen molar-refractivity contribution in [3.63, 3.8) is 0 Å². The van der Waals surface area contributed by atoms with Crippen molar-refractivity contribution in [3.05, 3.63) is 215 Å². The number of fused-ring (bicyclic) bond motifs is 16. The molecule has 0 aliphatic carbocycles. The quantitative estimate of drug-likeness (QED) is 0.122. The van der Waals surface area contributed by atoms with Crippen LogP contribution in [0.15, 0.2) is 182 Å². The van der Waals surface area contributed by atoms with Crippen LogP contribution >= 0.6 is 0 Å². The summed E-state index contributed by atoms with van der Waals surface area (Å²) in [5.41, 5.74) is 15.7. The Morgan fingerprint density at radius 2 is 0.553 bits per heavy atom. The van der Waals surface area contributed by atoms with Crippen molar-refractivity contribution < 1.29 is 0 Å². The lowest BCUT2D eigenvalue weighted by Gasteiger charge is -2.17. The summed E-state index contributed by atoms with van der Waals surface area (Å²) in [4.78, 5) is 0. The fraction of sp³-hybridized carbons (Fsp3) is 0.0789. The third-order valence-corrected chi connectivity index (χ3v) is 18.6. The number of hydrogen-bond acceptors (Lipinski definition) is 0. The first kappa shape index (κ1) is 41.3. The molecule has 352 valence electrons. The van der Waals surface area contributed by atoms with E-state index in [0.29, 0.717) is 0 Å². The third-order valence-electron chi connectivity index (χ3n) is 18.6. The van der Waals surface area contributed by atoms with E-state index in [9.17, 15) is 0 Å². The van der Waals surface area contributed by atoms with Crippen LogP contribution in [0.4, 0.5) is 0 Å². The molecule has 0 radical (unpaired) electrons. The van der Waals surface area contributed by atoms with E-state index in [2.05, 4.69) is 224 Å². The van der Waals surface area contributed by atoms with Gasteiger partial charge in [0, 0.05) is 0 Å². The summed E-state index contributed by atoms with van der Waals surface area (Å²) in [5.74, 6) is 0. The molecule has 0 saturated heterocycles. The fourth-order valence-corrected chi connectivity index (χ4v) is 16.1. The molecule has 0 heterocycles. The predicted octanol–water partition coefficient (Wildman–Crippen LogP) is 21.9. The Kier molecular flexibility index (Phi) is 7.59. The third kappa shape index (κ3) is 4.84. The minimum Gasteiger partial charge on any atom is -0.0622 e. The van der Waals surface area contributed by atoms with Crippen LogP contribution in [-0.2, 0) is 0 Å². The van der Waals surface area contributed by atoms with Crippen molar-refractivity contribution in [1.82, 2.24) is 0 Å². The molecule has 0 unspecified atom stereocenters. The molecule has 0 heteroatoms. The van der Waals surface area contributed by atoms with Gasteiger partial charge in [-0.25, -0.2) is 0 Å². The van der Waals surface area contributed by atoms with E-state index in [1.165, 1.54) is 218 Å². The zero-order chi connectivity index (χ0) is 50.3. The molecular weight excluding hydrogens is 913 g/mol. The van der Waals surface area contributed by atoms with E-state index in [4.69, 9.17) is 0 Å². The van der Waals surface area contributed by atoms with E-state index in [0.717, 1.165) is 0 Å². The predicted molar refractivity (Wildman–Crippen MR) is 332 cm³/mol. The number of benzene rings is 14. The first-order valence-corrected chi connectivity index (χ1v) is 27.2. The van der Waals surface area contributed by atoms with Gasteiger partial charge < -0.3 is 0 Å². The van der Waals surface area contributed by atoms with Crippen LogP contribution in [0.3, 0.4) is 0 Å². The van der Waals surface area contributed by atoms with Gasteiger partial charge in [0.05, 0.1) is 0 Å². The molecule has 0 atom stereocenters. The lowest BCUT2D eigenvalue weighted by atomic mass is 9.86. The van der Waals surface area contributed by atoms with Crippen LogP contribution in [-0.4, -0.2) is 0 Å². The van der Waals surface area contributed by atoms with Gasteiger partial charge in [-0.2, -0.15) is 0 Å². The van der Waals surface area contributed by atoms with Crippen molar-refractivity contribution >= 4 is 151 Å². The minimum atomic E-state index is 1.27. The zero-order valence-electron chi connectivity index (χ0n) is 43.3. The Hall–Kier alpha value is -9.10. The van der Waals surface area contributed by atoms with Gasteiger partial charge in [-0.15, -0.1) is 0 Å². The summed E-state index contributed by atoms with van der Waals surface area (Å²) in [6, 6.07) is 71.2. The average Bonchev–Trinajstić information content (AvgIpc) is 4.31. The normalized spacial score (nSPS) is 12.9. The molecule has 0 N–H and O–H groups in total. The SMILES string of the molecule is Cc1cc(C)cc(-c2c3cc(-c4c(C)cccc4C)cc4c5c(C)cc(C)cc5c(c34)c3c4ccc5c6ccc7c8c(-c9ccccc9)c9cccc%10c%11ccccc%11c(c9%10)c8c8ccc(c9ccc(c23)c4c95)c6c78)c1. The first-order valence-electron chi connectivity index (χ1n) is 27.2. The number of hydrogen-bond donors (Lipinski definition) is 0. The molecule has 0 bridgehead atoms. The van der Waals surface area contributed by atoms with Crippen molar-refractivity contribution in [1.29, 1.82) is 0 Å². The molecule has 18 rings (SSSR count). The number of rotatable bonds is 3. The topological polar surface area (TPSA) is 0 Å². The van der Waals surface area contributed by atoms with Crippen LogP contribution in [0.25, 0.3) is 184 Å². The molecule has 0 nitrogen and oxygen atoms in total. The Morgan fingerprint density at radius 3 is 1.18 bits per heavy atom.